The fraction of sp³-hybridized carbons (Fsp3) is 0.529. The molecule has 2 amide bonds. The first kappa shape index (κ1) is 17.3. The number of nitrogens with two attached hydrogens (primary N) is 1. The molecule has 1 aliphatic rings. The minimum atomic E-state index is -0.455. The summed E-state index contributed by atoms with van der Waals surface area (Å²) >= 11 is 0. The van der Waals surface area contributed by atoms with E-state index in [1.807, 2.05) is 38.1 Å². The van der Waals surface area contributed by atoms with Crippen molar-refractivity contribution >= 4 is 11.8 Å². The van der Waals surface area contributed by atoms with Gasteiger partial charge in [0.1, 0.15) is 5.75 Å². The zero-order chi connectivity index (χ0) is 17.0. The topological polar surface area (TPSA) is 84.7 Å². The predicted molar refractivity (Wildman–Crippen MR) is 87.8 cm³/mol. The van der Waals surface area contributed by atoms with E-state index in [4.69, 9.17) is 10.5 Å². The lowest BCUT2D eigenvalue weighted by Gasteiger charge is -2.26. The Balaban J connectivity index is 1.95. The molecule has 0 bridgehead atoms. The number of hydrogen-bond donors (Lipinski definition) is 2. The van der Waals surface area contributed by atoms with E-state index < -0.39 is 5.54 Å². The van der Waals surface area contributed by atoms with Crippen LogP contribution in [0.3, 0.4) is 0 Å². The van der Waals surface area contributed by atoms with E-state index in [-0.39, 0.29) is 24.2 Å². The van der Waals surface area contributed by atoms with Gasteiger partial charge in [-0.3, -0.25) is 9.59 Å². The fourth-order valence-corrected chi connectivity index (χ4v) is 2.54. The summed E-state index contributed by atoms with van der Waals surface area (Å²) in [5, 5.41) is 2.91. The molecule has 1 aliphatic heterocycles. The first-order valence-corrected chi connectivity index (χ1v) is 7.77. The molecule has 6 nitrogen and oxygen atoms in total. The number of carbonyl (C=O) groups is 2. The molecule has 0 aromatic heterocycles. The maximum atomic E-state index is 12.3. The Morgan fingerprint density at radius 1 is 1.39 bits per heavy atom. The average Bonchev–Trinajstić information content (AvgIpc) is 2.89. The van der Waals surface area contributed by atoms with E-state index in [1.54, 1.807) is 12.0 Å². The number of likely N-dealkylation sites (tertiary alicyclic amines) is 1. The van der Waals surface area contributed by atoms with Crippen LogP contribution in [0.2, 0.25) is 0 Å². The van der Waals surface area contributed by atoms with Crippen LogP contribution in [0.15, 0.2) is 24.3 Å². The van der Waals surface area contributed by atoms with Crippen molar-refractivity contribution in [1.82, 2.24) is 10.2 Å². The zero-order valence-corrected chi connectivity index (χ0v) is 14.0. The van der Waals surface area contributed by atoms with Gasteiger partial charge in [0.05, 0.1) is 13.0 Å². The van der Waals surface area contributed by atoms with Gasteiger partial charge in [-0.25, -0.2) is 0 Å². The van der Waals surface area contributed by atoms with Crippen molar-refractivity contribution in [2.75, 3.05) is 20.2 Å². The number of amides is 2. The van der Waals surface area contributed by atoms with Crippen LogP contribution in [0.4, 0.5) is 0 Å². The predicted octanol–water partition coefficient (Wildman–Crippen LogP) is 0.897. The van der Waals surface area contributed by atoms with Crippen molar-refractivity contribution < 1.29 is 14.3 Å². The summed E-state index contributed by atoms with van der Waals surface area (Å²) in [6.07, 6.45) is 0.253. The first-order valence-electron chi connectivity index (χ1n) is 7.77. The molecule has 0 saturated carbocycles. The molecule has 6 heteroatoms. The van der Waals surface area contributed by atoms with E-state index in [0.29, 0.717) is 19.6 Å². The first-order chi connectivity index (χ1) is 10.8. The van der Waals surface area contributed by atoms with Gasteiger partial charge in [0, 0.05) is 31.6 Å². The monoisotopic (exact) mass is 319 g/mol. The molecule has 1 aromatic rings. The van der Waals surface area contributed by atoms with Crippen LogP contribution in [0.25, 0.3) is 0 Å². The minimum Gasteiger partial charge on any atom is -0.497 e. The van der Waals surface area contributed by atoms with E-state index in [9.17, 15) is 9.59 Å². The summed E-state index contributed by atoms with van der Waals surface area (Å²) in [6, 6.07) is 7.59. The lowest BCUT2D eigenvalue weighted by molar-refractivity contribution is -0.129. The Kier molecular flexibility index (Phi) is 5.26. The Morgan fingerprint density at radius 2 is 2.04 bits per heavy atom. The highest BCUT2D eigenvalue weighted by Gasteiger charge is 2.35. The maximum Gasteiger partial charge on any atom is 0.225 e. The summed E-state index contributed by atoms with van der Waals surface area (Å²) in [5.74, 6) is 0.367. The summed E-state index contributed by atoms with van der Waals surface area (Å²) in [4.78, 5) is 26.2. The number of methoxy groups -OCH3 is 1. The third kappa shape index (κ3) is 4.45. The molecule has 1 heterocycles. The largest absolute Gasteiger partial charge is 0.497 e. The smallest absolute Gasteiger partial charge is 0.225 e. The van der Waals surface area contributed by atoms with Crippen LogP contribution in [0.5, 0.6) is 5.75 Å². The van der Waals surface area contributed by atoms with Gasteiger partial charge in [-0.05, 0) is 31.5 Å². The van der Waals surface area contributed by atoms with Gasteiger partial charge < -0.3 is 20.7 Å². The highest BCUT2D eigenvalue weighted by Crippen LogP contribution is 2.22. The molecule has 126 valence electrons. The van der Waals surface area contributed by atoms with Crippen LogP contribution in [-0.4, -0.2) is 42.5 Å². The molecular formula is C17H25N3O3. The number of ether oxygens (including phenoxy) is 1. The van der Waals surface area contributed by atoms with Crippen molar-refractivity contribution in [3.63, 3.8) is 0 Å². The SMILES string of the molecule is COc1ccc(CN2CC(C(=O)NC(C)(C)CN)CC2=O)cc1. The molecule has 0 aliphatic carbocycles. The maximum absolute atomic E-state index is 12.3. The Bertz CT molecular complexity index is 569. The van der Waals surface area contributed by atoms with Crippen molar-refractivity contribution in [2.24, 2.45) is 11.7 Å². The molecular weight excluding hydrogens is 294 g/mol. The number of rotatable bonds is 6. The third-order valence-electron chi connectivity index (χ3n) is 4.09. The van der Waals surface area contributed by atoms with Gasteiger partial charge in [-0.1, -0.05) is 12.1 Å². The van der Waals surface area contributed by atoms with Gasteiger partial charge >= 0.3 is 0 Å². The van der Waals surface area contributed by atoms with E-state index in [2.05, 4.69) is 5.32 Å². The fourth-order valence-electron chi connectivity index (χ4n) is 2.54. The molecule has 2 rings (SSSR count). The number of carbonyl (C=O) groups excluding carboxylic acids is 2. The zero-order valence-electron chi connectivity index (χ0n) is 14.0. The highest BCUT2D eigenvalue weighted by atomic mass is 16.5. The third-order valence-corrected chi connectivity index (χ3v) is 4.09. The summed E-state index contributed by atoms with van der Waals surface area (Å²) in [6.45, 7) is 5.05. The number of nitrogens with zero attached hydrogens (tertiary/aromatic N) is 1. The quantitative estimate of drug-likeness (QED) is 0.816. The Labute approximate surface area is 137 Å². The lowest BCUT2D eigenvalue weighted by Crippen LogP contribution is -2.51. The minimum absolute atomic E-state index is 0.00604. The van der Waals surface area contributed by atoms with Gasteiger partial charge in [0.15, 0.2) is 0 Å². The standard InChI is InChI=1S/C17H25N3O3/c1-17(2,11-18)19-16(22)13-8-15(21)20(10-13)9-12-4-6-14(23-3)7-5-12/h4-7,13H,8-11,18H2,1-3H3,(H,19,22). The molecule has 1 unspecified atom stereocenters. The second-order valence-electron chi connectivity index (χ2n) is 6.60. The van der Waals surface area contributed by atoms with Gasteiger partial charge in [0.25, 0.3) is 0 Å². The van der Waals surface area contributed by atoms with E-state index in [0.717, 1.165) is 11.3 Å². The second-order valence-corrected chi connectivity index (χ2v) is 6.60. The number of benzene rings is 1. The molecule has 1 fully saturated rings. The molecule has 3 N–H and O–H groups in total. The van der Waals surface area contributed by atoms with Crippen LogP contribution in [0.1, 0.15) is 25.8 Å². The van der Waals surface area contributed by atoms with Crippen LogP contribution >= 0.6 is 0 Å². The molecule has 1 atom stereocenters. The lowest BCUT2D eigenvalue weighted by atomic mass is 10.0. The van der Waals surface area contributed by atoms with Gasteiger partial charge in [-0.15, -0.1) is 0 Å². The van der Waals surface area contributed by atoms with Crippen LogP contribution in [0, 0.1) is 5.92 Å². The summed E-state index contributed by atoms with van der Waals surface area (Å²) < 4.78 is 5.12. The molecule has 23 heavy (non-hydrogen) atoms. The van der Waals surface area contributed by atoms with Crippen molar-refractivity contribution in [2.45, 2.75) is 32.4 Å². The van der Waals surface area contributed by atoms with Crippen molar-refractivity contribution in [1.29, 1.82) is 0 Å². The molecule has 0 spiro atoms. The number of nitrogens with one attached hydrogen (secondary N) is 1. The molecule has 1 aromatic carbocycles. The molecule has 1 saturated heterocycles. The summed E-state index contributed by atoms with van der Waals surface area (Å²) in [7, 11) is 1.62. The second kappa shape index (κ2) is 7.00. The van der Waals surface area contributed by atoms with Crippen molar-refractivity contribution in [3.8, 4) is 5.75 Å². The Morgan fingerprint density at radius 3 is 2.61 bits per heavy atom. The average molecular weight is 319 g/mol. The summed E-state index contributed by atoms with van der Waals surface area (Å²) in [5.41, 5.74) is 6.19. The normalized spacial score (nSPS) is 18.2. The van der Waals surface area contributed by atoms with Gasteiger partial charge in [0.2, 0.25) is 11.8 Å². The number of hydrogen-bond acceptors (Lipinski definition) is 4. The Hall–Kier alpha value is -2.08. The molecule has 0 radical (unpaired) electrons. The van der Waals surface area contributed by atoms with Crippen LogP contribution in [-0.2, 0) is 16.1 Å². The van der Waals surface area contributed by atoms with Crippen molar-refractivity contribution in [3.05, 3.63) is 29.8 Å². The van der Waals surface area contributed by atoms with Gasteiger partial charge in [-0.2, -0.15) is 0 Å². The van der Waals surface area contributed by atoms with E-state index in [1.165, 1.54) is 0 Å². The highest BCUT2D eigenvalue weighted by molar-refractivity contribution is 5.89. The van der Waals surface area contributed by atoms with Crippen LogP contribution < -0.4 is 15.8 Å². The van der Waals surface area contributed by atoms with E-state index >= 15 is 0 Å².